The predicted molar refractivity (Wildman–Crippen MR) is 142 cm³/mol. The quantitative estimate of drug-likeness (QED) is 0.336. The summed E-state index contributed by atoms with van der Waals surface area (Å²) in [7, 11) is 0. The maximum Gasteiger partial charge on any atom is 0.272 e. The summed E-state index contributed by atoms with van der Waals surface area (Å²) in [5, 5.41) is 11.0. The van der Waals surface area contributed by atoms with E-state index >= 15 is 0 Å². The van der Waals surface area contributed by atoms with E-state index in [2.05, 4.69) is 25.7 Å². The minimum Gasteiger partial charge on any atom is -0.350 e. The van der Waals surface area contributed by atoms with Crippen molar-refractivity contribution >= 4 is 28.7 Å². The molecule has 8 nitrogen and oxygen atoms in total. The molecular weight excluding hydrogens is 464 g/mol. The first kappa shape index (κ1) is 23.9. The Labute approximate surface area is 214 Å². The second kappa shape index (κ2) is 10.8. The maximum atomic E-state index is 13.1. The molecule has 5 rings (SSSR count). The number of aromatic nitrogens is 4. The lowest BCUT2D eigenvalue weighted by atomic mass is 10.1. The van der Waals surface area contributed by atoms with Crippen molar-refractivity contribution in [3.8, 4) is 0 Å². The monoisotopic (exact) mass is 490 g/mol. The van der Waals surface area contributed by atoms with Crippen molar-refractivity contribution in [3.63, 3.8) is 0 Å². The number of amides is 2. The molecule has 5 aromatic rings. The van der Waals surface area contributed by atoms with Gasteiger partial charge in [0.25, 0.3) is 11.8 Å². The number of rotatable bonds is 8. The largest absolute Gasteiger partial charge is 0.350 e. The first-order valence-electron chi connectivity index (χ1n) is 12.0. The van der Waals surface area contributed by atoms with Crippen LogP contribution in [0.3, 0.4) is 0 Å². The molecule has 37 heavy (non-hydrogen) atoms. The van der Waals surface area contributed by atoms with Gasteiger partial charge in [-0.05, 0) is 48.9 Å². The molecule has 3 heterocycles. The summed E-state index contributed by atoms with van der Waals surface area (Å²) in [6, 6.07) is 26.3. The van der Waals surface area contributed by atoms with Gasteiger partial charge in [0.1, 0.15) is 5.82 Å². The Kier molecular flexibility index (Phi) is 6.98. The standard InChI is InChI=1S/C29H26N6O2/c1-20-10-12-22(13-11-20)28(36)33-25-15-14-24-26(29(37)31-18-16-23-9-5-6-17-30-23)34-35(27(24)32-25)19-21-7-3-2-4-8-21/h2-15,17H,16,18-19H2,1H3,(H,31,37)(H,32,33,36). The number of carbonyl (C=O) groups is 2. The number of pyridine rings is 2. The van der Waals surface area contributed by atoms with E-state index < -0.39 is 0 Å². The molecule has 0 unspecified atom stereocenters. The van der Waals surface area contributed by atoms with Crippen molar-refractivity contribution in [1.29, 1.82) is 0 Å². The van der Waals surface area contributed by atoms with Crippen molar-refractivity contribution in [2.45, 2.75) is 19.9 Å². The molecule has 2 aromatic carbocycles. The number of nitrogens with one attached hydrogen (secondary N) is 2. The smallest absolute Gasteiger partial charge is 0.272 e. The van der Waals surface area contributed by atoms with Gasteiger partial charge >= 0.3 is 0 Å². The molecule has 0 bridgehead atoms. The van der Waals surface area contributed by atoms with Gasteiger partial charge in [-0.2, -0.15) is 5.10 Å². The molecule has 0 fully saturated rings. The minimum absolute atomic E-state index is 0.256. The Morgan fingerprint density at radius 3 is 2.41 bits per heavy atom. The summed E-state index contributed by atoms with van der Waals surface area (Å²) < 4.78 is 1.69. The fraction of sp³-hybridized carbons (Fsp3) is 0.138. The van der Waals surface area contributed by atoms with Crippen LogP contribution in [0.5, 0.6) is 0 Å². The van der Waals surface area contributed by atoms with E-state index in [1.807, 2.05) is 67.6 Å². The molecule has 0 saturated heterocycles. The normalized spacial score (nSPS) is 10.8. The zero-order valence-electron chi connectivity index (χ0n) is 20.4. The van der Waals surface area contributed by atoms with Crippen molar-refractivity contribution in [2.24, 2.45) is 0 Å². The van der Waals surface area contributed by atoms with Crippen LogP contribution >= 0.6 is 0 Å². The third-order valence-electron chi connectivity index (χ3n) is 5.93. The molecule has 2 N–H and O–H groups in total. The highest BCUT2D eigenvalue weighted by Crippen LogP contribution is 2.21. The topological polar surface area (TPSA) is 102 Å². The molecule has 0 radical (unpaired) electrons. The van der Waals surface area contributed by atoms with E-state index in [1.165, 1.54) is 0 Å². The van der Waals surface area contributed by atoms with Crippen LogP contribution in [-0.2, 0) is 13.0 Å². The van der Waals surface area contributed by atoms with E-state index in [9.17, 15) is 9.59 Å². The van der Waals surface area contributed by atoms with Crippen LogP contribution in [0.25, 0.3) is 11.0 Å². The number of hydrogen-bond donors (Lipinski definition) is 2. The average molecular weight is 491 g/mol. The summed E-state index contributed by atoms with van der Waals surface area (Å²) in [6.45, 7) is 2.83. The molecule has 3 aromatic heterocycles. The number of carbonyl (C=O) groups excluding carboxylic acids is 2. The number of fused-ring (bicyclic) bond motifs is 1. The summed E-state index contributed by atoms with van der Waals surface area (Å²) in [5.74, 6) is -0.158. The molecule has 0 atom stereocenters. The van der Waals surface area contributed by atoms with Crippen LogP contribution in [0.1, 0.15) is 37.7 Å². The third kappa shape index (κ3) is 5.70. The van der Waals surface area contributed by atoms with Gasteiger partial charge in [0.2, 0.25) is 0 Å². The van der Waals surface area contributed by atoms with Crippen molar-refractivity contribution in [3.05, 3.63) is 119 Å². The minimum atomic E-state index is -0.286. The van der Waals surface area contributed by atoms with Crippen LogP contribution in [0.15, 0.2) is 91.1 Å². The van der Waals surface area contributed by atoms with E-state index in [-0.39, 0.29) is 17.5 Å². The number of anilines is 1. The Morgan fingerprint density at radius 1 is 0.865 bits per heavy atom. The summed E-state index contributed by atoms with van der Waals surface area (Å²) >= 11 is 0. The number of nitrogens with zero attached hydrogens (tertiary/aromatic N) is 4. The molecule has 0 aliphatic rings. The molecule has 184 valence electrons. The van der Waals surface area contributed by atoms with Crippen LogP contribution in [0, 0.1) is 6.92 Å². The van der Waals surface area contributed by atoms with Crippen molar-refractivity contribution in [2.75, 3.05) is 11.9 Å². The molecule has 0 spiro atoms. The highest BCUT2D eigenvalue weighted by molar-refractivity contribution is 6.06. The van der Waals surface area contributed by atoms with Crippen LogP contribution in [0.4, 0.5) is 5.82 Å². The second-order valence-electron chi connectivity index (χ2n) is 8.71. The Morgan fingerprint density at radius 2 is 1.65 bits per heavy atom. The van der Waals surface area contributed by atoms with E-state index in [4.69, 9.17) is 0 Å². The summed E-state index contributed by atoms with van der Waals surface area (Å²) in [6.07, 6.45) is 2.35. The van der Waals surface area contributed by atoms with Crippen molar-refractivity contribution < 1.29 is 9.59 Å². The lowest BCUT2D eigenvalue weighted by molar-refractivity contribution is 0.0949. The van der Waals surface area contributed by atoms with E-state index in [0.29, 0.717) is 41.9 Å². The zero-order valence-corrected chi connectivity index (χ0v) is 20.4. The SMILES string of the molecule is Cc1ccc(C(=O)Nc2ccc3c(C(=O)NCCc4ccccn4)nn(Cc4ccccc4)c3n2)cc1. The van der Waals surface area contributed by atoms with Crippen molar-refractivity contribution in [1.82, 2.24) is 25.1 Å². The average Bonchev–Trinajstić information content (AvgIpc) is 3.28. The Hall–Kier alpha value is -4.85. The zero-order chi connectivity index (χ0) is 25.6. The van der Waals surface area contributed by atoms with Gasteiger partial charge < -0.3 is 10.6 Å². The van der Waals surface area contributed by atoms with E-state index in [1.54, 1.807) is 35.1 Å². The molecule has 8 heteroatoms. The number of hydrogen-bond acceptors (Lipinski definition) is 5. The highest BCUT2D eigenvalue weighted by Gasteiger charge is 2.19. The first-order valence-corrected chi connectivity index (χ1v) is 12.0. The van der Waals surface area contributed by atoms with Gasteiger partial charge in [0.15, 0.2) is 11.3 Å². The van der Waals surface area contributed by atoms with Gasteiger partial charge in [-0.1, -0.05) is 54.1 Å². The van der Waals surface area contributed by atoms with Gasteiger partial charge in [-0.3, -0.25) is 14.6 Å². The Balaban J connectivity index is 1.41. The first-order chi connectivity index (χ1) is 18.1. The van der Waals surface area contributed by atoms with Crippen LogP contribution < -0.4 is 10.6 Å². The fourth-order valence-corrected chi connectivity index (χ4v) is 3.98. The fourth-order valence-electron chi connectivity index (χ4n) is 3.98. The lowest BCUT2D eigenvalue weighted by Gasteiger charge is -2.07. The molecular formula is C29H26N6O2. The Bertz CT molecular complexity index is 1530. The number of benzene rings is 2. The van der Waals surface area contributed by atoms with Crippen LogP contribution in [-0.4, -0.2) is 38.1 Å². The van der Waals surface area contributed by atoms with Gasteiger partial charge in [-0.15, -0.1) is 0 Å². The van der Waals surface area contributed by atoms with E-state index in [0.717, 1.165) is 16.8 Å². The van der Waals surface area contributed by atoms with Gasteiger partial charge in [-0.25, -0.2) is 9.67 Å². The molecule has 0 aliphatic heterocycles. The summed E-state index contributed by atoms with van der Waals surface area (Å²) in [4.78, 5) is 34.8. The van der Waals surface area contributed by atoms with Gasteiger partial charge in [0, 0.05) is 30.4 Å². The number of aryl methyl sites for hydroxylation is 1. The second-order valence-corrected chi connectivity index (χ2v) is 8.71. The third-order valence-corrected chi connectivity index (χ3v) is 5.93. The summed E-state index contributed by atoms with van der Waals surface area (Å²) in [5.41, 5.74) is 4.34. The highest BCUT2D eigenvalue weighted by atomic mass is 16.2. The molecule has 0 saturated carbocycles. The maximum absolute atomic E-state index is 13.1. The predicted octanol–water partition coefficient (Wildman–Crippen LogP) is 4.41. The lowest BCUT2D eigenvalue weighted by Crippen LogP contribution is -2.26. The molecule has 0 aliphatic carbocycles. The van der Waals surface area contributed by atoms with Gasteiger partial charge in [0.05, 0.1) is 11.9 Å². The molecule has 2 amide bonds. The van der Waals surface area contributed by atoms with Crippen LogP contribution in [0.2, 0.25) is 0 Å².